The van der Waals surface area contributed by atoms with Gasteiger partial charge in [0.25, 0.3) is 5.91 Å². The molecule has 0 atom stereocenters. The Labute approximate surface area is 158 Å². The lowest BCUT2D eigenvalue weighted by Gasteiger charge is -2.35. The van der Waals surface area contributed by atoms with Crippen LogP contribution in [0.25, 0.3) is 0 Å². The third kappa shape index (κ3) is 4.07. The molecule has 1 aromatic carbocycles. The number of ether oxygens (including phenoxy) is 2. The minimum atomic E-state index is -0.110. The number of aryl methyl sites for hydroxylation is 1. The number of carbonyl (C=O) groups is 2. The number of nitrogens with one attached hydrogen (secondary N) is 1. The topological polar surface area (TPSA) is 74.9 Å². The molecule has 7 heteroatoms. The molecule has 0 spiro atoms. The van der Waals surface area contributed by atoms with E-state index in [0.717, 1.165) is 11.3 Å². The third-order valence-corrected chi connectivity index (χ3v) is 4.87. The monoisotopic (exact) mass is 371 g/mol. The van der Waals surface area contributed by atoms with E-state index in [1.54, 1.807) is 30.1 Å². The van der Waals surface area contributed by atoms with Gasteiger partial charge in [-0.25, -0.2) is 0 Å². The van der Waals surface area contributed by atoms with E-state index in [1.807, 2.05) is 31.3 Å². The van der Waals surface area contributed by atoms with Crippen molar-refractivity contribution in [3.63, 3.8) is 0 Å². The molecule has 3 rings (SSSR count). The summed E-state index contributed by atoms with van der Waals surface area (Å²) in [7, 11) is 3.13. The fourth-order valence-electron chi connectivity index (χ4n) is 3.30. The van der Waals surface area contributed by atoms with Gasteiger partial charge in [0.05, 0.1) is 26.2 Å². The first-order chi connectivity index (χ1) is 13.0. The van der Waals surface area contributed by atoms with Crippen molar-refractivity contribution in [2.45, 2.75) is 13.3 Å². The molecule has 7 nitrogen and oxygen atoms in total. The van der Waals surface area contributed by atoms with Gasteiger partial charge in [-0.1, -0.05) is 0 Å². The van der Waals surface area contributed by atoms with Gasteiger partial charge in [-0.2, -0.15) is 0 Å². The van der Waals surface area contributed by atoms with Crippen LogP contribution in [0.3, 0.4) is 0 Å². The summed E-state index contributed by atoms with van der Waals surface area (Å²) in [6.45, 7) is 3.95. The van der Waals surface area contributed by atoms with Crippen molar-refractivity contribution < 1.29 is 19.1 Å². The molecule has 0 bridgehead atoms. The molecule has 1 N–H and O–H groups in total. The average Bonchev–Trinajstić information content (AvgIpc) is 3.20. The van der Waals surface area contributed by atoms with Crippen LogP contribution in [0.4, 0.5) is 0 Å². The molecule has 2 heterocycles. The number of H-pyrrole nitrogens is 1. The summed E-state index contributed by atoms with van der Waals surface area (Å²) in [6, 6.07) is 7.30. The lowest BCUT2D eigenvalue weighted by molar-refractivity contribution is -0.132. The molecule has 144 valence electrons. The summed E-state index contributed by atoms with van der Waals surface area (Å²) in [5, 5.41) is 0. The van der Waals surface area contributed by atoms with E-state index in [-0.39, 0.29) is 11.8 Å². The van der Waals surface area contributed by atoms with Crippen LogP contribution in [-0.4, -0.2) is 67.0 Å². The second-order valence-corrected chi connectivity index (χ2v) is 6.57. The maximum Gasteiger partial charge on any atom is 0.257 e. The van der Waals surface area contributed by atoms with Gasteiger partial charge in [0.1, 0.15) is 11.5 Å². The highest BCUT2D eigenvalue weighted by atomic mass is 16.5. The number of hydrogen-bond acceptors (Lipinski definition) is 4. The van der Waals surface area contributed by atoms with Crippen LogP contribution in [0.5, 0.6) is 11.5 Å². The fraction of sp³-hybridized carbons (Fsp3) is 0.400. The van der Waals surface area contributed by atoms with Crippen molar-refractivity contribution in [3.05, 3.63) is 47.3 Å². The maximum absolute atomic E-state index is 13.0. The standard InChI is InChI=1S/C20H25N3O4/c1-14-11-18(27-3)16(13-17(14)26-2)20(25)23-9-7-22(8-10-23)19(24)12-15-5-4-6-21-15/h4-6,11,13,21H,7-10,12H2,1-3H3. The van der Waals surface area contributed by atoms with E-state index < -0.39 is 0 Å². The lowest BCUT2D eigenvalue weighted by atomic mass is 10.1. The minimum Gasteiger partial charge on any atom is -0.496 e. The summed E-state index contributed by atoms with van der Waals surface area (Å²) in [4.78, 5) is 32.0. The number of methoxy groups -OCH3 is 2. The fourth-order valence-corrected chi connectivity index (χ4v) is 3.30. The molecule has 1 aromatic heterocycles. The van der Waals surface area contributed by atoms with Crippen LogP contribution in [0.2, 0.25) is 0 Å². The Bertz CT molecular complexity index is 809. The zero-order valence-electron chi connectivity index (χ0n) is 15.9. The second-order valence-electron chi connectivity index (χ2n) is 6.57. The Morgan fingerprint density at radius 3 is 2.30 bits per heavy atom. The van der Waals surface area contributed by atoms with E-state index >= 15 is 0 Å². The van der Waals surface area contributed by atoms with Crippen molar-refractivity contribution in [2.24, 2.45) is 0 Å². The van der Waals surface area contributed by atoms with Crippen LogP contribution in [0.1, 0.15) is 21.6 Å². The van der Waals surface area contributed by atoms with Gasteiger partial charge in [-0.3, -0.25) is 9.59 Å². The third-order valence-electron chi connectivity index (χ3n) is 4.87. The largest absolute Gasteiger partial charge is 0.496 e. The number of aromatic nitrogens is 1. The zero-order valence-corrected chi connectivity index (χ0v) is 15.9. The Balaban J connectivity index is 1.65. The Kier molecular flexibility index (Phi) is 5.69. The van der Waals surface area contributed by atoms with Gasteiger partial charge in [-0.05, 0) is 36.8 Å². The van der Waals surface area contributed by atoms with Crippen molar-refractivity contribution in [1.82, 2.24) is 14.8 Å². The molecule has 1 aliphatic heterocycles. The highest BCUT2D eigenvalue weighted by molar-refractivity contribution is 5.97. The number of hydrogen-bond donors (Lipinski definition) is 1. The second kappa shape index (κ2) is 8.16. The van der Waals surface area contributed by atoms with E-state index in [9.17, 15) is 9.59 Å². The van der Waals surface area contributed by atoms with E-state index in [0.29, 0.717) is 49.7 Å². The first-order valence-corrected chi connectivity index (χ1v) is 8.95. The summed E-state index contributed by atoms with van der Waals surface area (Å²) >= 11 is 0. The number of rotatable bonds is 5. The first-order valence-electron chi connectivity index (χ1n) is 8.95. The minimum absolute atomic E-state index is 0.0686. The number of aromatic amines is 1. The molecule has 0 unspecified atom stereocenters. The van der Waals surface area contributed by atoms with E-state index in [2.05, 4.69) is 4.98 Å². The molecular formula is C20H25N3O4. The normalized spacial score (nSPS) is 14.2. The van der Waals surface area contributed by atoms with Gasteiger partial charge in [0, 0.05) is 38.1 Å². The van der Waals surface area contributed by atoms with Gasteiger partial charge in [0.2, 0.25) is 5.91 Å². The molecule has 2 amide bonds. The number of nitrogens with zero attached hydrogens (tertiary/aromatic N) is 2. The van der Waals surface area contributed by atoms with Crippen molar-refractivity contribution in [2.75, 3.05) is 40.4 Å². The highest BCUT2D eigenvalue weighted by Crippen LogP contribution is 2.29. The SMILES string of the molecule is COc1cc(C(=O)N2CCN(C(=O)Cc3ccc[nH]3)CC2)c(OC)cc1C. The number of carbonyl (C=O) groups excluding carboxylic acids is 2. The molecule has 0 aliphatic carbocycles. The Morgan fingerprint density at radius 1 is 1.04 bits per heavy atom. The molecule has 1 saturated heterocycles. The Hall–Kier alpha value is -2.96. The predicted molar refractivity (Wildman–Crippen MR) is 101 cm³/mol. The molecule has 27 heavy (non-hydrogen) atoms. The summed E-state index contributed by atoms with van der Waals surface area (Å²) in [5.41, 5.74) is 2.28. The highest BCUT2D eigenvalue weighted by Gasteiger charge is 2.27. The maximum atomic E-state index is 13.0. The summed E-state index contributed by atoms with van der Waals surface area (Å²) in [5.74, 6) is 1.14. The predicted octanol–water partition coefficient (Wildman–Crippen LogP) is 1.87. The van der Waals surface area contributed by atoms with Crippen molar-refractivity contribution in [1.29, 1.82) is 0 Å². The number of amides is 2. The summed E-state index contributed by atoms with van der Waals surface area (Å²) in [6.07, 6.45) is 2.16. The van der Waals surface area contributed by atoms with E-state index in [4.69, 9.17) is 9.47 Å². The number of piperazine rings is 1. The van der Waals surface area contributed by atoms with Crippen LogP contribution in [0.15, 0.2) is 30.5 Å². The van der Waals surface area contributed by atoms with Crippen molar-refractivity contribution in [3.8, 4) is 11.5 Å². The van der Waals surface area contributed by atoms with Crippen molar-refractivity contribution >= 4 is 11.8 Å². The van der Waals surface area contributed by atoms with Crippen LogP contribution < -0.4 is 9.47 Å². The molecule has 1 fully saturated rings. The summed E-state index contributed by atoms with van der Waals surface area (Å²) < 4.78 is 10.7. The van der Waals surface area contributed by atoms with Gasteiger partial charge in [-0.15, -0.1) is 0 Å². The smallest absolute Gasteiger partial charge is 0.257 e. The van der Waals surface area contributed by atoms with Gasteiger partial charge >= 0.3 is 0 Å². The first kappa shape index (κ1) is 18.8. The van der Waals surface area contributed by atoms with Gasteiger partial charge in [0.15, 0.2) is 0 Å². The van der Waals surface area contributed by atoms with Gasteiger partial charge < -0.3 is 24.3 Å². The molecule has 2 aromatic rings. The van der Waals surface area contributed by atoms with Crippen LogP contribution in [0, 0.1) is 6.92 Å². The molecular weight excluding hydrogens is 346 g/mol. The molecule has 0 saturated carbocycles. The Morgan fingerprint density at radius 2 is 1.70 bits per heavy atom. The molecule has 1 aliphatic rings. The quantitative estimate of drug-likeness (QED) is 0.871. The lowest BCUT2D eigenvalue weighted by Crippen LogP contribution is -2.51. The van der Waals surface area contributed by atoms with E-state index in [1.165, 1.54) is 0 Å². The van der Waals surface area contributed by atoms with Crippen LogP contribution in [-0.2, 0) is 11.2 Å². The zero-order chi connectivity index (χ0) is 19.4. The molecule has 0 radical (unpaired) electrons. The van der Waals surface area contributed by atoms with Crippen LogP contribution >= 0.6 is 0 Å². The number of benzene rings is 1. The average molecular weight is 371 g/mol.